The first-order valence-electron chi connectivity index (χ1n) is 13.4. The Kier molecular flexibility index (Phi) is 7.73. The molecule has 200 valence electrons. The molecule has 6 nitrogen and oxygen atoms in total. The van der Waals surface area contributed by atoms with Crippen LogP contribution in [0.5, 0.6) is 11.5 Å². The predicted octanol–water partition coefficient (Wildman–Crippen LogP) is 4.77. The van der Waals surface area contributed by atoms with E-state index in [1.165, 1.54) is 11.1 Å². The summed E-state index contributed by atoms with van der Waals surface area (Å²) in [5, 5.41) is 10.8. The highest BCUT2D eigenvalue weighted by molar-refractivity contribution is 5.78. The second-order valence-electron chi connectivity index (χ2n) is 10.8. The maximum atomic E-state index is 13.1. The van der Waals surface area contributed by atoms with Gasteiger partial charge in [-0.25, -0.2) is 0 Å². The van der Waals surface area contributed by atoms with Gasteiger partial charge in [-0.2, -0.15) is 0 Å². The van der Waals surface area contributed by atoms with Gasteiger partial charge < -0.3 is 24.2 Å². The van der Waals surface area contributed by atoms with Crippen molar-refractivity contribution in [2.24, 2.45) is 5.41 Å². The zero-order chi connectivity index (χ0) is 26.7. The van der Waals surface area contributed by atoms with Crippen LogP contribution in [0.3, 0.4) is 0 Å². The summed E-state index contributed by atoms with van der Waals surface area (Å²) in [5.41, 5.74) is 4.21. The zero-order valence-corrected chi connectivity index (χ0v) is 22.4. The van der Waals surface area contributed by atoms with Crippen molar-refractivity contribution in [3.05, 3.63) is 95.1 Å². The molecule has 0 saturated carbocycles. The number of ether oxygens (including phenoxy) is 3. The number of likely N-dealkylation sites (tertiary alicyclic amines) is 1. The summed E-state index contributed by atoms with van der Waals surface area (Å²) in [4.78, 5) is 14.9. The van der Waals surface area contributed by atoms with E-state index in [0.717, 1.165) is 24.0 Å². The first-order chi connectivity index (χ1) is 18.4. The van der Waals surface area contributed by atoms with Gasteiger partial charge in [-0.1, -0.05) is 67.6 Å². The molecule has 5 rings (SSSR count). The molecule has 1 aliphatic heterocycles. The van der Waals surface area contributed by atoms with Gasteiger partial charge in [0.1, 0.15) is 12.7 Å². The number of benzene rings is 3. The van der Waals surface area contributed by atoms with Crippen LogP contribution in [0.1, 0.15) is 42.0 Å². The zero-order valence-electron chi connectivity index (χ0n) is 22.4. The third-order valence-electron chi connectivity index (χ3n) is 8.27. The van der Waals surface area contributed by atoms with E-state index in [1.54, 1.807) is 7.11 Å². The topological polar surface area (TPSA) is 68.2 Å². The molecule has 3 unspecified atom stereocenters. The highest BCUT2D eigenvalue weighted by Gasteiger charge is 2.48. The van der Waals surface area contributed by atoms with Crippen molar-refractivity contribution in [1.29, 1.82) is 0 Å². The lowest BCUT2D eigenvalue weighted by atomic mass is 9.72. The van der Waals surface area contributed by atoms with Crippen LogP contribution in [0.2, 0.25) is 0 Å². The molecule has 0 radical (unpaired) electrons. The van der Waals surface area contributed by atoms with E-state index in [0.29, 0.717) is 31.2 Å². The highest BCUT2D eigenvalue weighted by atomic mass is 16.5. The molecule has 0 aromatic heterocycles. The monoisotopic (exact) mass is 515 g/mol. The van der Waals surface area contributed by atoms with Crippen LogP contribution in [0.4, 0.5) is 0 Å². The highest BCUT2D eigenvalue weighted by Crippen LogP contribution is 2.47. The maximum Gasteiger partial charge on any atom is 0.248 e. The summed E-state index contributed by atoms with van der Waals surface area (Å²) >= 11 is 0. The Balaban J connectivity index is 1.31. The molecule has 38 heavy (non-hydrogen) atoms. The van der Waals surface area contributed by atoms with E-state index in [-0.39, 0.29) is 24.5 Å². The number of aliphatic hydroxyl groups excluding tert-OH is 1. The molecule has 1 heterocycles. The van der Waals surface area contributed by atoms with E-state index in [9.17, 15) is 9.90 Å². The smallest absolute Gasteiger partial charge is 0.248 e. The SMILES string of the molecule is COc1ccc(C2CN(C(=O)COCc3ccccc3)CC2(C)C(C)O)cc1OC1Cc2ccccc2C1. The van der Waals surface area contributed by atoms with E-state index in [2.05, 4.69) is 31.2 Å². The predicted molar refractivity (Wildman–Crippen MR) is 146 cm³/mol. The van der Waals surface area contributed by atoms with Gasteiger partial charge in [0.05, 0.1) is 19.8 Å². The van der Waals surface area contributed by atoms with Crippen molar-refractivity contribution in [3.63, 3.8) is 0 Å². The average Bonchev–Trinajstić information content (AvgIpc) is 3.50. The first-order valence-corrected chi connectivity index (χ1v) is 13.4. The molecular weight excluding hydrogens is 478 g/mol. The molecule has 1 saturated heterocycles. The average molecular weight is 516 g/mol. The second kappa shape index (κ2) is 11.2. The quantitative estimate of drug-likeness (QED) is 0.445. The van der Waals surface area contributed by atoms with Crippen LogP contribution < -0.4 is 9.47 Å². The molecule has 1 fully saturated rings. The van der Waals surface area contributed by atoms with Crippen LogP contribution in [-0.2, 0) is 29.0 Å². The molecule has 3 aromatic rings. The molecule has 3 atom stereocenters. The van der Waals surface area contributed by atoms with Crippen molar-refractivity contribution < 1.29 is 24.1 Å². The third-order valence-corrected chi connectivity index (χ3v) is 8.27. The first kappa shape index (κ1) is 26.3. The third kappa shape index (κ3) is 5.42. The fraction of sp³-hybridized carbons (Fsp3) is 0.406. The molecular formula is C32H37NO5. The maximum absolute atomic E-state index is 13.1. The Hall–Kier alpha value is -3.35. The summed E-state index contributed by atoms with van der Waals surface area (Å²) in [6.45, 7) is 5.24. The number of rotatable bonds is 9. The summed E-state index contributed by atoms with van der Waals surface area (Å²) in [7, 11) is 1.65. The number of methoxy groups -OCH3 is 1. The number of carbonyl (C=O) groups is 1. The Labute approximate surface area is 225 Å². The van der Waals surface area contributed by atoms with E-state index in [4.69, 9.17) is 14.2 Å². The van der Waals surface area contributed by atoms with Crippen LogP contribution >= 0.6 is 0 Å². The van der Waals surface area contributed by atoms with Gasteiger partial charge in [0.25, 0.3) is 0 Å². The van der Waals surface area contributed by atoms with E-state index < -0.39 is 11.5 Å². The number of hydrogen-bond donors (Lipinski definition) is 1. The summed E-state index contributed by atoms with van der Waals surface area (Å²) in [6.07, 6.45) is 1.17. The molecule has 1 N–H and O–H groups in total. The fourth-order valence-corrected chi connectivity index (χ4v) is 5.82. The minimum Gasteiger partial charge on any atom is -0.493 e. The lowest BCUT2D eigenvalue weighted by Gasteiger charge is -2.34. The minimum absolute atomic E-state index is 0.0106. The number of hydrogen-bond acceptors (Lipinski definition) is 5. The van der Waals surface area contributed by atoms with Crippen molar-refractivity contribution in [2.45, 2.75) is 51.4 Å². The molecule has 1 amide bonds. The Morgan fingerprint density at radius 3 is 2.37 bits per heavy atom. The lowest BCUT2D eigenvalue weighted by molar-refractivity contribution is -0.136. The van der Waals surface area contributed by atoms with Crippen LogP contribution in [0.15, 0.2) is 72.8 Å². The summed E-state index contributed by atoms with van der Waals surface area (Å²) in [5.74, 6) is 1.26. The molecule has 0 spiro atoms. The molecule has 6 heteroatoms. The fourth-order valence-electron chi connectivity index (χ4n) is 5.82. The summed E-state index contributed by atoms with van der Waals surface area (Å²) in [6, 6.07) is 24.3. The molecule has 0 bridgehead atoms. The number of carbonyl (C=O) groups excluding carboxylic acids is 1. The van der Waals surface area contributed by atoms with Crippen molar-refractivity contribution in [1.82, 2.24) is 4.90 Å². The Morgan fingerprint density at radius 1 is 1.03 bits per heavy atom. The number of nitrogens with zero attached hydrogens (tertiary/aromatic N) is 1. The molecule has 2 aliphatic rings. The van der Waals surface area contributed by atoms with Crippen molar-refractivity contribution in [2.75, 3.05) is 26.8 Å². The minimum atomic E-state index is -0.605. The standard InChI is InChI=1S/C32H37NO5/c1-22(34)32(2)21-33(31(35)20-37-19-23-9-5-4-6-10-23)18-28(32)26-13-14-29(36-3)30(17-26)38-27-15-24-11-7-8-12-25(24)16-27/h4-14,17,22,27-28,34H,15-16,18-21H2,1-3H3. The largest absolute Gasteiger partial charge is 0.493 e. The number of amides is 1. The Morgan fingerprint density at radius 2 is 1.71 bits per heavy atom. The van der Waals surface area contributed by atoms with Gasteiger partial charge in [0.15, 0.2) is 11.5 Å². The van der Waals surface area contributed by atoms with Gasteiger partial charge in [-0.3, -0.25) is 4.79 Å². The van der Waals surface area contributed by atoms with Crippen molar-refractivity contribution >= 4 is 5.91 Å². The number of fused-ring (bicyclic) bond motifs is 1. The van der Waals surface area contributed by atoms with Crippen LogP contribution in [-0.4, -0.2) is 54.9 Å². The van der Waals surface area contributed by atoms with Crippen LogP contribution in [0, 0.1) is 5.41 Å². The van der Waals surface area contributed by atoms with Gasteiger partial charge in [-0.05, 0) is 41.3 Å². The second-order valence-corrected chi connectivity index (χ2v) is 10.8. The van der Waals surface area contributed by atoms with Gasteiger partial charge in [0, 0.05) is 37.3 Å². The van der Waals surface area contributed by atoms with E-state index >= 15 is 0 Å². The van der Waals surface area contributed by atoms with Gasteiger partial charge >= 0.3 is 0 Å². The van der Waals surface area contributed by atoms with E-state index in [1.807, 2.05) is 60.4 Å². The molecule has 1 aliphatic carbocycles. The lowest BCUT2D eigenvalue weighted by Crippen LogP contribution is -2.38. The Bertz CT molecular complexity index is 1230. The summed E-state index contributed by atoms with van der Waals surface area (Å²) < 4.78 is 17.8. The van der Waals surface area contributed by atoms with Crippen molar-refractivity contribution in [3.8, 4) is 11.5 Å². The normalized spacial score (nSPS) is 21.8. The number of aliphatic hydroxyl groups is 1. The molecule has 3 aromatic carbocycles. The van der Waals surface area contributed by atoms with Crippen LogP contribution in [0.25, 0.3) is 0 Å². The van der Waals surface area contributed by atoms with Gasteiger partial charge in [0.2, 0.25) is 5.91 Å². The van der Waals surface area contributed by atoms with Gasteiger partial charge in [-0.15, -0.1) is 0 Å².